The van der Waals surface area contributed by atoms with Gasteiger partial charge in [0.05, 0.1) is 14.2 Å². The first-order valence-electron chi connectivity index (χ1n) is 9.69. The zero-order valence-corrected chi connectivity index (χ0v) is 18.3. The van der Waals surface area contributed by atoms with Crippen LogP contribution in [0.25, 0.3) is 0 Å². The third-order valence-corrected chi connectivity index (χ3v) is 5.10. The highest BCUT2D eigenvalue weighted by Gasteiger charge is 2.19. The second kappa shape index (κ2) is 12.1. The number of halogens is 1. The molecule has 1 saturated heterocycles. The molecule has 1 heterocycles. The fourth-order valence-corrected chi connectivity index (χ4v) is 3.40. The maximum Gasteiger partial charge on any atom is 0.414 e. The van der Waals surface area contributed by atoms with Crippen LogP contribution in [0.3, 0.4) is 0 Å². The van der Waals surface area contributed by atoms with Crippen molar-refractivity contribution in [3.05, 3.63) is 58.6 Å². The zero-order chi connectivity index (χ0) is 22.8. The van der Waals surface area contributed by atoms with E-state index in [1.807, 2.05) is 24.3 Å². The Morgan fingerprint density at radius 1 is 0.871 bits per heavy atom. The summed E-state index contributed by atoms with van der Waals surface area (Å²) in [6, 6.07) is 14.2. The van der Waals surface area contributed by atoms with Crippen LogP contribution in [0.2, 0.25) is 5.02 Å². The number of nitrogens with zero attached hydrogens (tertiary/aromatic N) is 2. The first-order valence-corrected chi connectivity index (χ1v) is 10.1. The van der Waals surface area contributed by atoms with Gasteiger partial charge in [-0.05, 0) is 23.8 Å². The highest BCUT2D eigenvalue weighted by atomic mass is 35.5. The van der Waals surface area contributed by atoms with Crippen molar-refractivity contribution in [3.63, 3.8) is 0 Å². The molecule has 0 aliphatic carbocycles. The van der Waals surface area contributed by atoms with Crippen molar-refractivity contribution in [3.8, 4) is 11.5 Å². The van der Waals surface area contributed by atoms with E-state index in [9.17, 15) is 0 Å². The van der Waals surface area contributed by atoms with Gasteiger partial charge in [0.15, 0.2) is 11.5 Å². The van der Waals surface area contributed by atoms with Crippen LogP contribution < -0.4 is 9.47 Å². The van der Waals surface area contributed by atoms with Gasteiger partial charge < -0.3 is 19.7 Å². The van der Waals surface area contributed by atoms with Crippen molar-refractivity contribution >= 4 is 23.5 Å². The van der Waals surface area contributed by atoms with E-state index in [0.29, 0.717) is 0 Å². The van der Waals surface area contributed by atoms with E-state index in [1.165, 1.54) is 11.1 Å². The minimum atomic E-state index is -1.82. The molecule has 3 rings (SSSR count). The van der Waals surface area contributed by atoms with Crippen molar-refractivity contribution in [2.75, 3.05) is 40.4 Å². The summed E-state index contributed by atoms with van der Waals surface area (Å²) < 4.78 is 10.9. The average molecular weight is 451 g/mol. The molecule has 1 fully saturated rings. The second-order valence-electron chi connectivity index (χ2n) is 6.94. The van der Waals surface area contributed by atoms with Crippen molar-refractivity contribution in [2.45, 2.75) is 13.1 Å². The molecule has 168 valence electrons. The number of para-hydroxylation sites is 1. The van der Waals surface area contributed by atoms with Crippen molar-refractivity contribution in [2.24, 2.45) is 0 Å². The molecule has 0 saturated carbocycles. The van der Waals surface area contributed by atoms with Crippen LogP contribution in [0.1, 0.15) is 11.1 Å². The number of hydrogen-bond acceptors (Lipinski definition) is 6. The number of carboxylic acids is 2. The second-order valence-corrected chi connectivity index (χ2v) is 7.38. The summed E-state index contributed by atoms with van der Waals surface area (Å²) in [5.41, 5.74) is 2.49. The minimum Gasteiger partial charge on any atom is -0.493 e. The number of rotatable bonds is 6. The minimum absolute atomic E-state index is 0.792. The van der Waals surface area contributed by atoms with Gasteiger partial charge in [0.2, 0.25) is 0 Å². The summed E-state index contributed by atoms with van der Waals surface area (Å²) >= 11 is 5.96. The highest BCUT2D eigenvalue weighted by Crippen LogP contribution is 2.31. The van der Waals surface area contributed by atoms with Gasteiger partial charge in [-0.25, -0.2) is 9.59 Å². The predicted octanol–water partition coefficient (Wildman–Crippen LogP) is 2.83. The van der Waals surface area contributed by atoms with Crippen molar-refractivity contribution in [1.82, 2.24) is 9.80 Å². The molecule has 2 aromatic rings. The van der Waals surface area contributed by atoms with E-state index >= 15 is 0 Å². The van der Waals surface area contributed by atoms with Crippen LogP contribution in [0.5, 0.6) is 11.5 Å². The molecule has 0 spiro atoms. The molecule has 0 radical (unpaired) electrons. The molecule has 2 aromatic carbocycles. The lowest BCUT2D eigenvalue weighted by Gasteiger charge is -2.35. The lowest BCUT2D eigenvalue weighted by atomic mass is 10.1. The molecule has 9 heteroatoms. The summed E-state index contributed by atoms with van der Waals surface area (Å²) in [5.74, 6) is -2.01. The Balaban J connectivity index is 0.000000501. The van der Waals surface area contributed by atoms with Crippen LogP contribution in [0.15, 0.2) is 42.5 Å². The topological polar surface area (TPSA) is 99.5 Å². The van der Waals surface area contributed by atoms with Gasteiger partial charge in [0.1, 0.15) is 0 Å². The molecule has 0 amide bonds. The van der Waals surface area contributed by atoms with Gasteiger partial charge in [-0.1, -0.05) is 35.9 Å². The zero-order valence-electron chi connectivity index (χ0n) is 17.6. The number of aliphatic carboxylic acids is 2. The predicted molar refractivity (Wildman–Crippen MR) is 117 cm³/mol. The molecular weight excluding hydrogens is 424 g/mol. The number of benzene rings is 2. The maximum atomic E-state index is 9.10. The van der Waals surface area contributed by atoms with Gasteiger partial charge >= 0.3 is 11.9 Å². The molecule has 0 aromatic heterocycles. The van der Waals surface area contributed by atoms with E-state index in [1.54, 1.807) is 14.2 Å². The van der Waals surface area contributed by atoms with Crippen LogP contribution in [-0.2, 0) is 22.7 Å². The standard InChI is InChI=1S/C20H25ClN2O2.C2H2O4/c1-24-19-5-3-4-17(20(19)25-2)15-23-12-10-22(11-13-23)14-16-6-8-18(21)9-7-16;3-1(4)2(5)6/h3-9H,10-15H2,1-2H3;(H,3,4)(H,5,6). The molecule has 2 N–H and O–H groups in total. The number of piperazine rings is 1. The van der Waals surface area contributed by atoms with Crippen molar-refractivity contribution < 1.29 is 29.3 Å². The first-order chi connectivity index (χ1) is 14.8. The van der Waals surface area contributed by atoms with E-state index < -0.39 is 11.9 Å². The van der Waals surface area contributed by atoms with Crippen LogP contribution >= 0.6 is 11.6 Å². The highest BCUT2D eigenvalue weighted by molar-refractivity contribution is 6.30. The third kappa shape index (κ3) is 7.75. The van der Waals surface area contributed by atoms with Gasteiger partial charge in [0.25, 0.3) is 0 Å². The Bertz CT molecular complexity index is 855. The molecule has 0 bridgehead atoms. The van der Waals surface area contributed by atoms with E-state index in [-0.39, 0.29) is 0 Å². The fraction of sp³-hybridized carbons (Fsp3) is 0.364. The lowest BCUT2D eigenvalue weighted by molar-refractivity contribution is -0.159. The fourth-order valence-electron chi connectivity index (χ4n) is 3.27. The number of carbonyl (C=O) groups is 2. The number of ether oxygens (including phenoxy) is 2. The van der Waals surface area contributed by atoms with Crippen molar-refractivity contribution in [1.29, 1.82) is 0 Å². The first kappa shape index (κ1) is 24.5. The van der Waals surface area contributed by atoms with Gasteiger partial charge in [-0.15, -0.1) is 0 Å². The largest absolute Gasteiger partial charge is 0.493 e. The van der Waals surface area contributed by atoms with Gasteiger partial charge in [0, 0.05) is 49.9 Å². The number of carboxylic acid groups (broad SMARTS) is 2. The molecule has 0 unspecified atom stereocenters. The molecular formula is C22H27ClN2O6. The Morgan fingerprint density at radius 3 is 1.90 bits per heavy atom. The quantitative estimate of drug-likeness (QED) is 0.648. The monoisotopic (exact) mass is 450 g/mol. The Hall–Kier alpha value is -2.81. The molecule has 31 heavy (non-hydrogen) atoms. The van der Waals surface area contributed by atoms with E-state index in [0.717, 1.165) is 55.8 Å². The normalized spacial score (nSPS) is 14.3. The SMILES string of the molecule is COc1cccc(CN2CCN(Cc3ccc(Cl)cc3)CC2)c1OC.O=C(O)C(=O)O. The Labute approximate surface area is 186 Å². The van der Waals surface area contributed by atoms with Gasteiger partial charge in [-0.2, -0.15) is 0 Å². The van der Waals surface area contributed by atoms with Crippen LogP contribution in [0.4, 0.5) is 0 Å². The molecule has 1 aliphatic rings. The Kier molecular flexibility index (Phi) is 9.58. The lowest BCUT2D eigenvalue weighted by Crippen LogP contribution is -2.45. The summed E-state index contributed by atoms with van der Waals surface area (Å²) in [4.78, 5) is 23.2. The van der Waals surface area contributed by atoms with Gasteiger partial charge in [-0.3, -0.25) is 9.80 Å². The number of hydrogen-bond donors (Lipinski definition) is 2. The van der Waals surface area contributed by atoms with E-state index in [2.05, 4.69) is 28.0 Å². The molecule has 8 nitrogen and oxygen atoms in total. The average Bonchev–Trinajstić information content (AvgIpc) is 2.76. The van der Waals surface area contributed by atoms with E-state index in [4.69, 9.17) is 40.9 Å². The maximum absolute atomic E-state index is 9.10. The summed E-state index contributed by atoms with van der Waals surface area (Å²) in [6.45, 7) is 6.09. The number of methoxy groups -OCH3 is 2. The summed E-state index contributed by atoms with van der Waals surface area (Å²) in [7, 11) is 3.38. The third-order valence-electron chi connectivity index (χ3n) is 4.85. The smallest absolute Gasteiger partial charge is 0.414 e. The van der Waals surface area contributed by atoms with Crippen LogP contribution in [-0.4, -0.2) is 72.4 Å². The molecule has 1 aliphatic heterocycles. The molecule has 0 atom stereocenters. The Morgan fingerprint density at radius 2 is 1.42 bits per heavy atom. The summed E-state index contributed by atoms with van der Waals surface area (Å²) in [6.07, 6.45) is 0. The summed E-state index contributed by atoms with van der Waals surface area (Å²) in [5, 5.41) is 15.6. The van der Waals surface area contributed by atoms with Crippen LogP contribution in [0, 0.1) is 0 Å².